The molecule has 0 atom stereocenters. The quantitative estimate of drug-likeness (QED) is 0.584. The number of hydrogen-bond donors (Lipinski definition) is 2. The summed E-state index contributed by atoms with van der Waals surface area (Å²) in [6.45, 7) is 6.96. The molecule has 1 aliphatic rings. The van der Waals surface area contributed by atoms with Crippen molar-refractivity contribution in [3.63, 3.8) is 0 Å². The Morgan fingerprint density at radius 1 is 1.30 bits per heavy atom. The van der Waals surface area contributed by atoms with Crippen LogP contribution < -0.4 is 10.7 Å². The van der Waals surface area contributed by atoms with Gasteiger partial charge >= 0.3 is 5.97 Å². The molecule has 0 bridgehead atoms. The van der Waals surface area contributed by atoms with Crippen LogP contribution in [0.25, 0.3) is 11.1 Å². The van der Waals surface area contributed by atoms with Crippen molar-refractivity contribution < 1.29 is 14.3 Å². The van der Waals surface area contributed by atoms with Crippen LogP contribution in [0.2, 0.25) is 0 Å². The van der Waals surface area contributed by atoms with Crippen LogP contribution in [0.15, 0.2) is 30.3 Å². The minimum absolute atomic E-state index is 0.317. The summed E-state index contributed by atoms with van der Waals surface area (Å²) in [5.41, 5.74) is 5.55. The van der Waals surface area contributed by atoms with Crippen molar-refractivity contribution in [1.29, 1.82) is 0 Å². The van der Waals surface area contributed by atoms with Crippen molar-refractivity contribution in [2.75, 3.05) is 38.2 Å². The topological polar surface area (TPSA) is 62.8 Å². The van der Waals surface area contributed by atoms with Crippen LogP contribution in [-0.2, 0) is 9.47 Å². The Kier molecular flexibility index (Phi) is 6.78. The Bertz CT molecular complexity index is 802. The molecule has 1 saturated heterocycles. The average molecular weight is 406 g/mol. The lowest BCUT2D eigenvalue weighted by molar-refractivity contribution is 0.0252. The average Bonchev–Trinajstić information content (AvgIpc) is 2.99. The minimum Gasteiger partial charge on any atom is -0.462 e. The van der Waals surface area contributed by atoms with Crippen molar-refractivity contribution in [1.82, 2.24) is 10.4 Å². The van der Waals surface area contributed by atoms with E-state index in [2.05, 4.69) is 10.7 Å². The van der Waals surface area contributed by atoms with Crippen molar-refractivity contribution >= 4 is 39.6 Å². The molecule has 2 heterocycles. The molecule has 6 nitrogen and oxygen atoms in total. The number of anilines is 1. The standard InChI is InChI=1S/C19H23N3O3S2/c1-3-25-18(23)16-15(14-7-5-4-6-8-14)13(2)27-17(16)20-19(26)21-22-9-11-24-12-10-22/h4-8H,3,9-12H2,1-2H3,(H2,20,21,26). The predicted molar refractivity (Wildman–Crippen MR) is 112 cm³/mol. The molecule has 0 aliphatic carbocycles. The summed E-state index contributed by atoms with van der Waals surface area (Å²) in [7, 11) is 0. The monoisotopic (exact) mass is 405 g/mol. The molecular weight excluding hydrogens is 382 g/mol. The maximum absolute atomic E-state index is 12.7. The van der Waals surface area contributed by atoms with Gasteiger partial charge in [-0.2, -0.15) is 0 Å². The zero-order valence-corrected chi connectivity index (χ0v) is 17.0. The number of ether oxygens (including phenoxy) is 2. The highest BCUT2D eigenvalue weighted by molar-refractivity contribution is 7.80. The normalized spacial score (nSPS) is 14.6. The number of morpholine rings is 1. The smallest absolute Gasteiger partial charge is 0.341 e. The van der Waals surface area contributed by atoms with Crippen LogP contribution in [0.3, 0.4) is 0 Å². The third-order valence-corrected chi connectivity index (χ3v) is 5.34. The fourth-order valence-corrected chi connectivity index (χ4v) is 4.30. The molecule has 0 amide bonds. The van der Waals surface area contributed by atoms with Crippen LogP contribution in [0.1, 0.15) is 22.2 Å². The number of thiocarbonyl (C=S) groups is 1. The number of hydrazine groups is 1. The van der Waals surface area contributed by atoms with Gasteiger partial charge in [0.15, 0.2) is 5.11 Å². The summed E-state index contributed by atoms with van der Waals surface area (Å²) in [6, 6.07) is 9.85. The van der Waals surface area contributed by atoms with Crippen molar-refractivity contribution in [2.45, 2.75) is 13.8 Å². The minimum atomic E-state index is -0.350. The number of nitrogens with one attached hydrogen (secondary N) is 2. The van der Waals surface area contributed by atoms with Gasteiger partial charge in [-0.05, 0) is 31.6 Å². The largest absolute Gasteiger partial charge is 0.462 e. The first-order valence-corrected chi connectivity index (χ1v) is 10.1. The van der Waals surface area contributed by atoms with Gasteiger partial charge in [-0.1, -0.05) is 30.3 Å². The maximum atomic E-state index is 12.7. The van der Waals surface area contributed by atoms with Crippen LogP contribution in [-0.4, -0.2) is 49.0 Å². The van der Waals surface area contributed by atoms with E-state index in [1.54, 1.807) is 6.92 Å². The fraction of sp³-hybridized carbons (Fsp3) is 0.368. The van der Waals surface area contributed by atoms with Crippen LogP contribution in [0.5, 0.6) is 0 Å². The van der Waals surface area contributed by atoms with E-state index in [9.17, 15) is 4.79 Å². The number of esters is 1. The first-order valence-electron chi connectivity index (χ1n) is 8.86. The second kappa shape index (κ2) is 9.27. The maximum Gasteiger partial charge on any atom is 0.341 e. The van der Waals surface area contributed by atoms with Gasteiger partial charge in [0, 0.05) is 23.5 Å². The molecule has 0 saturated carbocycles. The van der Waals surface area contributed by atoms with Gasteiger partial charge < -0.3 is 14.8 Å². The second-order valence-corrected chi connectivity index (χ2v) is 7.62. The molecule has 1 aromatic carbocycles. The predicted octanol–water partition coefficient (Wildman–Crippen LogP) is 3.43. The molecule has 0 unspecified atom stereocenters. The Morgan fingerprint density at radius 3 is 2.67 bits per heavy atom. The molecule has 1 aromatic heterocycles. The number of rotatable bonds is 5. The van der Waals surface area contributed by atoms with Crippen molar-refractivity contribution in [3.05, 3.63) is 40.8 Å². The highest BCUT2D eigenvalue weighted by Crippen LogP contribution is 2.40. The zero-order chi connectivity index (χ0) is 19.2. The van der Waals surface area contributed by atoms with E-state index in [0.717, 1.165) is 29.1 Å². The molecular formula is C19H23N3O3S2. The number of nitrogens with zero attached hydrogens (tertiary/aromatic N) is 1. The summed E-state index contributed by atoms with van der Waals surface area (Å²) in [5, 5.41) is 6.32. The number of aryl methyl sites for hydroxylation is 1. The lowest BCUT2D eigenvalue weighted by Gasteiger charge is -2.28. The Labute approximate surface area is 168 Å². The third kappa shape index (κ3) is 4.84. The lowest BCUT2D eigenvalue weighted by atomic mass is 10.0. The molecule has 1 aliphatic heterocycles. The van der Waals surface area contributed by atoms with Gasteiger partial charge in [-0.3, -0.25) is 5.43 Å². The third-order valence-electron chi connectivity index (χ3n) is 4.12. The van der Waals surface area contributed by atoms with E-state index in [1.807, 2.05) is 42.3 Å². The second-order valence-electron chi connectivity index (χ2n) is 5.99. The van der Waals surface area contributed by atoms with E-state index in [-0.39, 0.29) is 5.97 Å². The van der Waals surface area contributed by atoms with Gasteiger partial charge in [0.1, 0.15) is 10.6 Å². The molecule has 1 fully saturated rings. The summed E-state index contributed by atoms with van der Waals surface area (Å²) >= 11 is 6.94. The first kappa shape index (κ1) is 19.8. The number of hydrogen-bond acceptors (Lipinski definition) is 6. The van der Waals surface area contributed by atoms with Crippen molar-refractivity contribution in [3.8, 4) is 11.1 Å². The van der Waals surface area contributed by atoms with E-state index < -0.39 is 0 Å². The summed E-state index contributed by atoms with van der Waals surface area (Å²) in [5.74, 6) is -0.350. The summed E-state index contributed by atoms with van der Waals surface area (Å²) < 4.78 is 10.7. The Hall–Kier alpha value is -2.00. The Morgan fingerprint density at radius 2 is 2.00 bits per heavy atom. The van der Waals surface area contributed by atoms with E-state index in [1.165, 1.54) is 11.3 Å². The van der Waals surface area contributed by atoms with Gasteiger partial charge in [0.05, 0.1) is 19.8 Å². The van der Waals surface area contributed by atoms with Gasteiger partial charge in [-0.15, -0.1) is 11.3 Å². The molecule has 144 valence electrons. The molecule has 0 spiro atoms. The summed E-state index contributed by atoms with van der Waals surface area (Å²) in [4.78, 5) is 13.7. The van der Waals surface area contributed by atoms with Gasteiger partial charge in [0.25, 0.3) is 0 Å². The van der Waals surface area contributed by atoms with Crippen LogP contribution in [0.4, 0.5) is 5.00 Å². The van der Waals surface area contributed by atoms with Crippen LogP contribution >= 0.6 is 23.6 Å². The summed E-state index contributed by atoms with van der Waals surface area (Å²) in [6.07, 6.45) is 0. The molecule has 27 heavy (non-hydrogen) atoms. The zero-order valence-electron chi connectivity index (χ0n) is 15.4. The van der Waals surface area contributed by atoms with Gasteiger partial charge in [-0.25, -0.2) is 9.80 Å². The lowest BCUT2D eigenvalue weighted by Crippen LogP contribution is -2.49. The number of carbonyl (C=O) groups is 1. The number of benzene rings is 1. The highest BCUT2D eigenvalue weighted by atomic mass is 32.1. The Balaban J connectivity index is 1.87. The van der Waals surface area contributed by atoms with E-state index in [0.29, 0.717) is 35.5 Å². The van der Waals surface area contributed by atoms with Crippen molar-refractivity contribution in [2.24, 2.45) is 0 Å². The number of thiophene rings is 1. The SMILES string of the molecule is CCOC(=O)c1c(NC(=S)NN2CCOCC2)sc(C)c1-c1ccccc1. The van der Waals surface area contributed by atoms with E-state index >= 15 is 0 Å². The molecule has 3 rings (SSSR count). The number of carbonyl (C=O) groups excluding carboxylic acids is 1. The van der Waals surface area contributed by atoms with Gasteiger partial charge in [0.2, 0.25) is 0 Å². The molecule has 2 aromatic rings. The molecule has 2 N–H and O–H groups in total. The van der Waals surface area contributed by atoms with Crippen LogP contribution in [0, 0.1) is 6.92 Å². The molecule has 8 heteroatoms. The first-order chi connectivity index (χ1) is 13.1. The highest BCUT2D eigenvalue weighted by Gasteiger charge is 2.25. The fourth-order valence-electron chi connectivity index (χ4n) is 2.93. The molecule has 0 radical (unpaired) electrons. The van der Waals surface area contributed by atoms with E-state index in [4.69, 9.17) is 21.7 Å².